The van der Waals surface area contributed by atoms with Gasteiger partial charge in [0.15, 0.2) is 0 Å². The summed E-state index contributed by atoms with van der Waals surface area (Å²) in [5.41, 5.74) is 5.98. The Morgan fingerprint density at radius 1 is 1.33 bits per heavy atom. The van der Waals surface area contributed by atoms with E-state index < -0.39 is 0 Å². The zero-order valence-corrected chi connectivity index (χ0v) is 11.8. The first kappa shape index (κ1) is 13.8. The molecule has 0 aromatic heterocycles. The topological polar surface area (TPSA) is 49.6 Å². The molecule has 0 spiro atoms. The summed E-state index contributed by atoms with van der Waals surface area (Å²) in [4.78, 5) is 16.8. The van der Waals surface area contributed by atoms with Crippen LogP contribution in [0.25, 0.3) is 0 Å². The van der Waals surface area contributed by atoms with Crippen molar-refractivity contribution >= 4 is 5.91 Å². The summed E-state index contributed by atoms with van der Waals surface area (Å²) in [6.07, 6.45) is 6.20. The molecule has 2 aliphatic heterocycles. The average Bonchev–Trinajstić information content (AvgIpc) is 2.52. The molecule has 2 N–H and O–H groups in total. The molecule has 18 heavy (non-hydrogen) atoms. The molecule has 0 radical (unpaired) electrons. The van der Waals surface area contributed by atoms with Crippen molar-refractivity contribution < 1.29 is 4.79 Å². The number of fused-ring (bicyclic) bond motifs is 2. The van der Waals surface area contributed by atoms with E-state index in [0.29, 0.717) is 18.5 Å². The summed E-state index contributed by atoms with van der Waals surface area (Å²) in [6.45, 7) is 3.94. The number of carbonyl (C=O) groups is 1. The van der Waals surface area contributed by atoms with Gasteiger partial charge in [-0.05, 0) is 32.7 Å². The van der Waals surface area contributed by atoms with Crippen LogP contribution in [0.5, 0.6) is 0 Å². The Kier molecular flexibility index (Phi) is 4.62. The lowest BCUT2D eigenvalue weighted by molar-refractivity contribution is -0.131. The zero-order valence-electron chi connectivity index (χ0n) is 11.8. The molecule has 2 aliphatic rings. The van der Waals surface area contributed by atoms with Crippen LogP contribution in [-0.4, -0.2) is 54.0 Å². The molecule has 0 aliphatic carbocycles. The first-order valence-corrected chi connectivity index (χ1v) is 7.37. The number of hydrogen-bond donors (Lipinski definition) is 1. The zero-order chi connectivity index (χ0) is 13.1. The summed E-state index contributed by atoms with van der Waals surface area (Å²) >= 11 is 0. The normalized spacial score (nSPS) is 30.3. The van der Waals surface area contributed by atoms with Gasteiger partial charge in [0.25, 0.3) is 0 Å². The van der Waals surface area contributed by atoms with Gasteiger partial charge in [0.05, 0.1) is 0 Å². The Hall–Kier alpha value is -0.610. The first-order chi connectivity index (χ1) is 8.61. The summed E-state index contributed by atoms with van der Waals surface area (Å²) in [7, 11) is 2.21. The molecule has 3 unspecified atom stereocenters. The van der Waals surface area contributed by atoms with Gasteiger partial charge < -0.3 is 10.6 Å². The maximum absolute atomic E-state index is 12.2. The van der Waals surface area contributed by atoms with Crippen LogP contribution in [0.2, 0.25) is 0 Å². The van der Waals surface area contributed by atoms with Crippen molar-refractivity contribution in [2.24, 2.45) is 5.73 Å². The fraction of sp³-hybridized carbons (Fsp3) is 0.929. The van der Waals surface area contributed by atoms with Crippen molar-refractivity contribution in [3.63, 3.8) is 0 Å². The Labute approximate surface area is 110 Å². The fourth-order valence-electron chi connectivity index (χ4n) is 3.36. The second kappa shape index (κ2) is 6.02. The number of carbonyl (C=O) groups excluding carboxylic acids is 1. The minimum absolute atomic E-state index is 0.0423. The fourth-order valence-corrected chi connectivity index (χ4v) is 3.36. The van der Waals surface area contributed by atoms with Gasteiger partial charge >= 0.3 is 0 Å². The van der Waals surface area contributed by atoms with Gasteiger partial charge in [-0.25, -0.2) is 0 Å². The molecule has 2 saturated heterocycles. The molecule has 3 atom stereocenters. The third-order valence-electron chi connectivity index (χ3n) is 4.60. The van der Waals surface area contributed by atoms with E-state index >= 15 is 0 Å². The molecule has 2 heterocycles. The summed E-state index contributed by atoms with van der Waals surface area (Å²) in [5.74, 6) is 0.261. The minimum Gasteiger partial charge on any atom is -0.341 e. The van der Waals surface area contributed by atoms with Crippen LogP contribution in [0.4, 0.5) is 0 Å². The Bertz CT molecular complexity index is 295. The van der Waals surface area contributed by atoms with Gasteiger partial charge in [0.2, 0.25) is 5.91 Å². The van der Waals surface area contributed by atoms with E-state index in [1.807, 2.05) is 0 Å². The third kappa shape index (κ3) is 3.04. The Morgan fingerprint density at radius 2 is 2.06 bits per heavy atom. The van der Waals surface area contributed by atoms with Crippen LogP contribution in [-0.2, 0) is 4.79 Å². The van der Waals surface area contributed by atoms with E-state index in [9.17, 15) is 4.79 Å². The van der Waals surface area contributed by atoms with E-state index in [1.165, 1.54) is 12.8 Å². The minimum atomic E-state index is 0.0423. The van der Waals surface area contributed by atoms with Crippen molar-refractivity contribution in [2.45, 2.75) is 63.6 Å². The molecule has 0 aromatic rings. The SMILES string of the molecule is CCCC(N)CC(=O)N1CCC2CCC(C1)N2C. The maximum Gasteiger partial charge on any atom is 0.224 e. The molecular weight excluding hydrogens is 226 g/mol. The lowest BCUT2D eigenvalue weighted by Gasteiger charge is -2.26. The number of likely N-dealkylation sites (N-methyl/N-ethyl adjacent to an activating group) is 1. The summed E-state index contributed by atoms with van der Waals surface area (Å²) < 4.78 is 0. The molecule has 2 rings (SSSR count). The van der Waals surface area contributed by atoms with Crippen molar-refractivity contribution in [3.05, 3.63) is 0 Å². The number of likely N-dealkylation sites (tertiary alicyclic amines) is 1. The third-order valence-corrected chi connectivity index (χ3v) is 4.60. The van der Waals surface area contributed by atoms with Crippen molar-refractivity contribution in [1.29, 1.82) is 0 Å². The monoisotopic (exact) mass is 253 g/mol. The molecule has 4 nitrogen and oxygen atoms in total. The molecule has 0 saturated carbocycles. The largest absolute Gasteiger partial charge is 0.341 e. The predicted molar refractivity (Wildman–Crippen MR) is 73.3 cm³/mol. The molecule has 1 amide bonds. The number of rotatable bonds is 4. The van der Waals surface area contributed by atoms with Gasteiger partial charge in [-0.2, -0.15) is 0 Å². The van der Waals surface area contributed by atoms with Crippen molar-refractivity contribution in [1.82, 2.24) is 9.80 Å². The Balaban J connectivity index is 1.87. The van der Waals surface area contributed by atoms with E-state index in [1.54, 1.807) is 0 Å². The quantitative estimate of drug-likeness (QED) is 0.819. The van der Waals surface area contributed by atoms with E-state index in [0.717, 1.165) is 32.4 Å². The van der Waals surface area contributed by atoms with Crippen LogP contribution < -0.4 is 5.73 Å². The van der Waals surface area contributed by atoms with Crippen LogP contribution in [0.1, 0.15) is 45.4 Å². The first-order valence-electron chi connectivity index (χ1n) is 7.37. The molecule has 2 fully saturated rings. The van der Waals surface area contributed by atoms with Crippen molar-refractivity contribution in [3.8, 4) is 0 Å². The number of hydrogen-bond acceptors (Lipinski definition) is 3. The summed E-state index contributed by atoms with van der Waals surface area (Å²) in [5, 5.41) is 0. The highest BCUT2D eigenvalue weighted by Crippen LogP contribution is 2.28. The van der Waals surface area contributed by atoms with Crippen molar-refractivity contribution in [2.75, 3.05) is 20.1 Å². The van der Waals surface area contributed by atoms with Gasteiger partial charge in [0.1, 0.15) is 0 Å². The molecule has 2 bridgehead atoms. The van der Waals surface area contributed by atoms with E-state index in [2.05, 4.69) is 23.8 Å². The second-order valence-corrected chi connectivity index (χ2v) is 5.93. The molecule has 0 aromatic carbocycles. The Morgan fingerprint density at radius 3 is 2.78 bits per heavy atom. The number of nitrogens with zero attached hydrogens (tertiary/aromatic N) is 2. The predicted octanol–water partition coefficient (Wildman–Crippen LogP) is 1.20. The van der Waals surface area contributed by atoms with E-state index in [4.69, 9.17) is 5.73 Å². The van der Waals surface area contributed by atoms with Gasteiger partial charge in [-0.1, -0.05) is 13.3 Å². The highest BCUT2D eigenvalue weighted by molar-refractivity contribution is 5.76. The lowest BCUT2D eigenvalue weighted by Crippen LogP contribution is -2.41. The number of nitrogens with two attached hydrogens (primary N) is 1. The smallest absolute Gasteiger partial charge is 0.224 e. The maximum atomic E-state index is 12.2. The number of amides is 1. The molecular formula is C14H27N3O. The van der Waals surface area contributed by atoms with Gasteiger partial charge in [-0.3, -0.25) is 9.69 Å². The highest BCUT2D eigenvalue weighted by Gasteiger charge is 2.35. The van der Waals surface area contributed by atoms with Crippen LogP contribution in [0.3, 0.4) is 0 Å². The van der Waals surface area contributed by atoms with E-state index in [-0.39, 0.29) is 11.9 Å². The van der Waals surface area contributed by atoms with Crippen LogP contribution in [0, 0.1) is 0 Å². The van der Waals surface area contributed by atoms with Crippen LogP contribution in [0.15, 0.2) is 0 Å². The molecule has 104 valence electrons. The molecule has 4 heteroatoms. The van der Waals surface area contributed by atoms with Gasteiger partial charge in [-0.15, -0.1) is 0 Å². The van der Waals surface area contributed by atoms with Gasteiger partial charge in [0, 0.05) is 37.6 Å². The second-order valence-electron chi connectivity index (χ2n) is 5.93. The van der Waals surface area contributed by atoms with Crippen LogP contribution >= 0.6 is 0 Å². The standard InChI is InChI=1S/C14H27N3O/c1-3-4-11(15)9-14(18)17-8-7-12-5-6-13(10-17)16(12)2/h11-13H,3-10,15H2,1-2H3. The average molecular weight is 253 g/mol. The highest BCUT2D eigenvalue weighted by atomic mass is 16.2. The summed E-state index contributed by atoms with van der Waals surface area (Å²) in [6, 6.07) is 1.31. The lowest BCUT2D eigenvalue weighted by atomic mass is 10.1.